The Morgan fingerprint density at radius 3 is 2.64 bits per heavy atom. The zero-order chi connectivity index (χ0) is 17.4. The Bertz CT molecular complexity index is 1120. The van der Waals surface area contributed by atoms with Crippen LogP contribution in [0.25, 0.3) is 27.9 Å². The molecule has 4 nitrogen and oxygen atoms in total. The summed E-state index contributed by atoms with van der Waals surface area (Å²) in [6.45, 7) is 0. The van der Waals surface area contributed by atoms with Gasteiger partial charge in [0.15, 0.2) is 5.16 Å². The fourth-order valence-electron chi connectivity index (χ4n) is 2.66. The number of benzene rings is 2. The number of hydrogen-bond donors (Lipinski definition) is 0. The lowest BCUT2D eigenvalue weighted by atomic mass is 10.1. The number of hydrogen-bond acceptors (Lipinski definition) is 4. The Morgan fingerprint density at radius 1 is 1.12 bits per heavy atom. The molecule has 2 aromatic heterocycles. The Balaban J connectivity index is 1.88. The van der Waals surface area contributed by atoms with Gasteiger partial charge in [0, 0.05) is 20.8 Å². The van der Waals surface area contributed by atoms with Crippen LogP contribution in [0.5, 0.6) is 0 Å². The van der Waals surface area contributed by atoms with Crippen LogP contribution in [0.2, 0.25) is 0 Å². The van der Waals surface area contributed by atoms with E-state index in [4.69, 9.17) is 4.42 Å². The molecule has 0 atom stereocenters. The van der Waals surface area contributed by atoms with Crippen LogP contribution < -0.4 is 5.63 Å². The summed E-state index contributed by atoms with van der Waals surface area (Å²) in [6.07, 6.45) is 3.85. The Hall–Kier alpha value is -2.06. The zero-order valence-electron chi connectivity index (χ0n) is 13.3. The summed E-state index contributed by atoms with van der Waals surface area (Å²) in [5, 5.41) is 1.70. The standard InChI is InChI=1S/C19H13IN2O2S/c1-25-19-21-16(11-22(19)14-8-6-13(20)7-9-14)15-10-12-4-2-3-5-17(12)24-18(15)23/h2-11H,1H3. The van der Waals surface area contributed by atoms with E-state index in [2.05, 4.69) is 27.6 Å². The number of para-hydroxylation sites is 1. The van der Waals surface area contributed by atoms with Gasteiger partial charge in [-0.1, -0.05) is 30.0 Å². The molecule has 0 aliphatic carbocycles. The van der Waals surface area contributed by atoms with Crippen LogP contribution in [0.15, 0.2) is 75.2 Å². The minimum Gasteiger partial charge on any atom is -0.422 e. The lowest BCUT2D eigenvalue weighted by Crippen LogP contribution is -2.02. The highest BCUT2D eigenvalue weighted by molar-refractivity contribution is 14.1. The molecule has 6 heteroatoms. The van der Waals surface area contributed by atoms with Crippen molar-refractivity contribution in [1.82, 2.24) is 9.55 Å². The van der Waals surface area contributed by atoms with Crippen molar-refractivity contribution in [3.63, 3.8) is 0 Å². The maximum absolute atomic E-state index is 12.4. The van der Waals surface area contributed by atoms with E-state index in [1.165, 1.54) is 15.3 Å². The molecule has 0 aliphatic heterocycles. The Kier molecular flexibility index (Phi) is 4.39. The van der Waals surface area contributed by atoms with E-state index in [9.17, 15) is 4.79 Å². The number of nitrogens with zero attached hydrogens (tertiary/aromatic N) is 2. The van der Waals surface area contributed by atoms with Gasteiger partial charge in [0.25, 0.3) is 0 Å². The van der Waals surface area contributed by atoms with E-state index in [1.54, 1.807) is 6.07 Å². The number of aromatic nitrogens is 2. The molecule has 2 heterocycles. The molecule has 25 heavy (non-hydrogen) atoms. The minimum atomic E-state index is -0.376. The summed E-state index contributed by atoms with van der Waals surface area (Å²) in [5.74, 6) is 0. The first-order valence-corrected chi connectivity index (χ1v) is 9.88. The van der Waals surface area contributed by atoms with E-state index in [-0.39, 0.29) is 5.63 Å². The molecule has 4 rings (SSSR count). The van der Waals surface area contributed by atoms with Gasteiger partial charge in [-0.3, -0.25) is 4.57 Å². The highest BCUT2D eigenvalue weighted by Gasteiger charge is 2.15. The van der Waals surface area contributed by atoms with E-state index >= 15 is 0 Å². The Labute approximate surface area is 162 Å². The predicted molar refractivity (Wildman–Crippen MR) is 110 cm³/mol. The topological polar surface area (TPSA) is 48.0 Å². The van der Waals surface area contributed by atoms with Crippen LogP contribution in [-0.2, 0) is 0 Å². The first kappa shape index (κ1) is 16.4. The van der Waals surface area contributed by atoms with Crippen molar-refractivity contribution in [2.75, 3.05) is 6.26 Å². The van der Waals surface area contributed by atoms with Gasteiger partial charge in [-0.05, 0) is 65.2 Å². The summed E-state index contributed by atoms with van der Waals surface area (Å²) in [6, 6.07) is 17.5. The highest BCUT2D eigenvalue weighted by Crippen LogP contribution is 2.26. The van der Waals surface area contributed by atoms with Crippen LogP contribution in [-0.4, -0.2) is 15.8 Å². The first-order chi connectivity index (χ1) is 12.2. The molecule has 2 aromatic carbocycles. The van der Waals surface area contributed by atoms with E-state index in [1.807, 2.05) is 65.6 Å². The smallest absolute Gasteiger partial charge is 0.345 e. The summed E-state index contributed by atoms with van der Waals surface area (Å²) in [4.78, 5) is 17.0. The van der Waals surface area contributed by atoms with Gasteiger partial charge in [-0.15, -0.1) is 0 Å². The molecule has 0 unspecified atom stereocenters. The lowest BCUT2D eigenvalue weighted by Gasteiger charge is -2.05. The van der Waals surface area contributed by atoms with Crippen molar-refractivity contribution in [2.24, 2.45) is 0 Å². The third kappa shape index (κ3) is 3.11. The van der Waals surface area contributed by atoms with E-state index in [0.717, 1.165) is 16.2 Å². The number of halogens is 1. The molecule has 0 N–H and O–H groups in total. The largest absolute Gasteiger partial charge is 0.422 e. The van der Waals surface area contributed by atoms with Gasteiger partial charge < -0.3 is 4.42 Å². The first-order valence-electron chi connectivity index (χ1n) is 7.58. The van der Waals surface area contributed by atoms with Crippen molar-refractivity contribution in [2.45, 2.75) is 5.16 Å². The zero-order valence-corrected chi connectivity index (χ0v) is 16.2. The average Bonchev–Trinajstić information content (AvgIpc) is 3.06. The quantitative estimate of drug-likeness (QED) is 0.246. The molecular formula is C19H13IN2O2S. The number of thioether (sulfide) groups is 1. The third-order valence-corrected chi connectivity index (χ3v) is 5.25. The summed E-state index contributed by atoms with van der Waals surface area (Å²) in [7, 11) is 0. The van der Waals surface area contributed by atoms with Gasteiger partial charge in [-0.25, -0.2) is 9.78 Å². The molecule has 0 saturated heterocycles. The molecule has 0 saturated carbocycles. The molecule has 0 spiro atoms. The van der Waals surface area contributed by atoms with Gasteiger partial charge in [0.2, 0.25) is 0 Å². The van der Waals surface area contributed by atoms with Crippen LogP contribution in [0, 0.1) is 3.57 Å². The third-order valence-electron chi connectivity index (χ3n) is 3.88. The molecule has 0 fully saturated rings. The number of imidazole rings is 1. The maximum Gasteiger partial charge on any atom is 0.345 e. The molecular weight excluding hydrogens is 447 g/mol. The predicted octanol–water partition coefficient (Wildman–Crippen LogP) is 4.97. The molecule has 0 radical (unpaired) electrons. The normalized spacial score (nSPS) is 11.1. The van der Waals surface area contributed by atoms with Crippen molar-refractivity contribution >= 4 is 45.3 Å². The highest BCUT2D eigenvalue weighted by atomic mass is 127. The monoisotopic (exact) mass is 460 g/mol. The molecule has 0 amide bonds. The lowest BCUT2D eigenvalue weighted by molar-refractivity contribution is 0.563. The second-order valence-electron chi connectivity index (χ2n) is 5.44. The van der Waals surface area contributed by atoms with Gasteiger partial charge in [0.1, 0.15) is 5.58 Å². The second kappa shape index (κ2) is 6.68. The molecule has 124 valence electrons. The van der Waals surface area contributed by atoms with Crippen molar-refractivity contribution in [3.05, 3.63) is 74.8 Å². The van der Waals surface area contributed by atoms with Crippen molar-refractivity contribution < 1.29 is 4.42 Å². The van der Waals surface area contributed by atoms with Gasteiger partial charge >= 0.3 is 5.63 Å². The Morgan fingerprint density at radius 2 is 1.88 bits per heavy atom. The van der Waals surface area contributed by atoms with Gasteiger partial charge in [0.05, 0.1) is 11.3 Å². The molecule has 0 aliphatic rings. The minimum absolute atomic E-state index is 0.376. The fourth-order valence-corrected chi connectivity index (χ4v) is 3.57. The van der Waals surface area contributed by atoms with Crippen LogP contribution in [0.4, 0.5) is 0 Å². The molecule has 4 aromatic rings. The summed E-state index contributed by atoms with van der Waals surface area (Å²) in [5.41, 5.74) is 2.30. The van der Waals surface area contributed by atoms with Gasteiger partial charge in [-0.2, -0.15) is 0 Å². The number of rotatable bonds is 3. The maximum atomic E-state index is 12.4. The summed E-state index contributed by atoms with van der Waals surface area (Å²) < 4.78 is 8.60. The van der Waals surface area contributed by atoms with Crippen molar-refractivity contribution in [1.29, 1.82) is 0 Å². The number of fused-ring (bicyclic) bond motifs is 1. The van der Waals surface area contributed by atoms with Crippen LogP contribution in [0.3, 0.4) is 0 Å². The summed E-state index contributed by atoms with van der Waals surface area (Å²) >= 11 is 3.81. The second-order valence-corrected chi connectivity index (χ2v) is 7.46. The fraction of sp³-hybridized carbons (Fsp3) is 0.0526. The van der Waals surface area contributed by atoms with Crippen LogP contribution >= 0.6 is 34.4 Å². The van der Waals surface area contributed by atoms with Crippen molar-refractivity contribution in [3.8, 4) is 16.9 Å². The molecule has 0 bridgehead atoms. The van der Waals surface area contributed by atoms with E-state index < -0.39 is 0 Å². The average molecular weight is 460 g/mol. The van der Waals surface area contributed by atoms with E-state index in [0.29, 0.717) is 16.8 Å². The SMILES string of the molecule is CSc1nc(-c2cc3ccccc3oc2=O)cn1-c1ccc(I)cc1. The van der Waals surface area contributed by atoms with Crippen LogP contribution in [0.1, 0.15) is 0 Å².